The Morgan fingerprint density at radius 3 is 2.24 bits per heavy atom. The molecule has 9 heteroatoms. The number of anilines is 1. The summed E-state index contributed by atoms with van der Waals surface area (Å²) in [7, 11) is 0. The van der Waals surface area contributed by atoms with E-state index in [0.29, 0.717) is 17.4 Å². The minimum Gasteiger partial charge on any atom is -0.354 e. The van der Waals surface area contributed by atoms with Crippen LogP contribution in [0, 0.1) is 5.41 Å². The third-order valence-corrected chi connectivity index (χ3v) is 4.65. The molecule has 0 atom stereocenters. The summed E-state index contributed by atoms with van der Waals surface area (Å²) >= 11 is 1.32. The molecule has 4 N–H and O–H groups in total. The van der Waals surface area contributed by atoms with Crippen LogP contribution in [0.4, 0.5) is 5.13 Å². The van der Waals surface area contributed by atoms with Gasteiger partial charge in [0.15, 0.2) is 5.13 Å². The van der Waals surface area contributed by atoms with E-state index in [1.165, 1.54) is 11.3 Å². The first-order valence-electron chi connectivity index (χ1n) is 7.91. The number of thiazole rings is 1. The van der Waals surface area contributed by atoms with Gasteiger partial charge in [-0.1, -0.05) is 34.6 Å². The molecule has 0 unspecified atom stereocenters. The van der Waals surface area contributed by atoms with Crippen molar-refractivity contribution in [2.24, 2.45) is 11.1 Å². The van der Waals surface area contributed by atoms with Crippen LogP contribution >= 0.6 is 36.2 Å². The predicted molar refractivity (Wildman–Crippen MR) is 109 cm³/mol. The molecular weight excluding hydrogens is 383 g/mol. The molecule has 0 saturated carbocycles. The van der Waals surface area contributed by atoms with E-state index in [0.717, 1.165) is 12.8 Å². The average Bonchev–Trinajstić information content (AvgIpc) is 2.91. The predicted octanol–water partition coefficient (Wildman–Crippen LogP) is 3.15. The van der Waals surface area contributed by atoms with Crippen molar-refractivity contribution in [3.05, 3.63) is 11.1 Å². The molecule has 6 nitrogen and oxygen atoms in total. The lowest BCUT2D eigenvalue weighted by atomic mass is 9.94. The molecular formula is C16H30Cl2N4O2S. The first kappa shape index (κ1) is 26.3. The fraction of sp³-hybridized carbons (Fsp3) is 0.688. The molecule has 0 aliphatic heterocycles. The summed E-state index contributed by atoms with van der Waals surface area (Å²) in [5.74, 6) is -0.206. The van der Waals surface area contributed by atoms with Gasteiger partial charge in [-0.3, -0.25) is 9.59 Å². The molecule has 0 bridgehead atoms. The molecule has 1 aromatic heterocycles. The molecule has 2 amide bonds. The van der Waals surface area contributed by atoms with Crippen molar-refractivity contribution in [3.8, 4) is 0 Å². The molecule has 1 aromatic rings. The van der Waals surface area contributed by atoms with E-state index in [9.17, 15) is 9.59 Å². The Labute approximate surface area is 166 Å². The number of amides is 2. The fourth-order valence-electron chi connectivity index (χ4n) is 1.73. The summed E-state index contributed by atoms with van der Waals surface area (Å²) in [6, 6.07) is 0. The number of nitrogens with zero attached hydrogens (tertiary/aromatic N) is 1. The van der Waals surface area contributed by atoms with Gasteiger partial charge in [0.25, 0.3) is 0 Å². The number of aromatic nitrogens is 1. The van der Waals surface area contributed by atoms with Crippen LogP contribution in [0.25, 0.3) is 0 Å². The lowest BCUT2D eigenvalue weighted by molar-refractivity contribution is -0.123. The molecule has 0 fully saturated rings. The Balaban J connectivity index is 0. The summed E-state index contributed by atoms with van der Waals surface area (Å²) in [6.07, 6.45) is 1.80. The van der Waals surface area contributed by atoms with Crippen molar-refractivity contribution in [2.45, 2.75) is 59.4 Å². The highest BCUT2D eigenvalue weighted by atomic mass is 35.5. The van der Waals surface area contributed by atoms with Crippen molar-refractivity contribution in [3.63, 3.8) is 0 Å². The molecule has 0 aromatic carbocycles. The van der Waals surface area contributed by atoms with Crippen LogP contribution in [-0.2, 0) is 16.0 Å². The Morgan fingerprint density at radius 2 is 1.76 bits per heavy atom. The second-order valence-electron chi connectivity index (χ2n) is 6.87. The summed E-state index contributed by atoms with van der Waals surface area (Å²) in [4.78, 5) is 28.2. The summed E-state index contributed by atoms with van der Waals surface area (Å²) in [5, 5.41) is 7.93. The maximum absolute atomic E-state index is 12.0. The van der Waals surface area contributed by atoms with Gasteiger partial charge in [-0.25, -0.2) is 4.98 Å². The molecule has 0 radical (unpaired) electrons. The van der Waals surface area contributed by atoms with Gasteiger partial charge in [0.1, 0.15) is 0 Å². The van der Waals surface area contributed by atoms with Gasteiger partial charge in [-0.15, -0.1) is 36.2 Å². The van der Waals surface area contributed by atoms with Crippen molar-refractivity contribution in [2.75, 3.05) is 11.9 Å². The van der Waals surface area contributed by atoms with E-state index in [1.807, 2.05) is 34.6 Å². The van der Waals surface area contributed by atoms with Gasteiger partial charge in [0, 0.05) is 22.9 Å². The smallest absolute Gasteiger partial charge is 0.231 e. The Hall–Kier alpha value is -0.890. The van der Waals surface area contributed by atoms with Crippen LogP contribution in [-0.4, -0.2) is 28.9 Å². The summed E-state index contributed by atoms with van der Waals surface area (Å²) < 4.78 is 0. The summed E-state index contributed by atoms with van der Waals surface area (Å²) in [6.45, 7) is 10.00. The molecule has 146 valence electrons. The second kappa shape index (κ2) is 11.0. The van der Waals surface area contributed by atoms with Gasteiger partial charge in [0.05, 0.1) is 12.1 Å². The SMILES string of the molecule is CCC(N)(CC)CNC(=O)Cc1csc(NC(=O)C(C)(C)C)n1.Cl.Cl. The van der Waals surface area contributed by atoms with E-state index in [1.54, 1.807) is 5.38 Å². The number of hydrogen-bond acceptors (Lipinski definition) is 5. The van der Waals surface area contributed by atoms with Crippen LogP contribution in [0.2, 0.25) is 0 Å². The van der Waals surface area contributed by atoms with Gasteiger partial charge in [0.2, 0.25) is 11.8 Å². The molecule has 25 heavy (non-hydrogen) atoms. The largest absolute Gasteiger partial charge is 0.354 e. The Kier molecular flexibility index (Phi) is 11.5. The highest BCUT2D eigenvalue weighted by Crippen LogP contribution is 2.20. The van der Waals surface area contributed by atoms with Crippen LogP contribution in [0.5, 0.6) is 0 Å². The monoisotopic (exact) mass is 412 g/mol. The van der Waals surface area contributed by atoms with Gasteiger partial charge >= 0.3 is 0 Å². The van der Waals surface area contributed by atoms with Crippen molar-refractivity contribution >= 4 is 53.1 Å². The highest BCUT2D eigenvalue weighted by molar-refractivity contribution is 7.13. The number of nitrogens with one attached hydrogen (secondary N) is 2. The lowest BCUT2D eigenvalue weighted by Gasteiger charge is -2.26. The van der Waals surface area contributed by atoms with E-state index in [2.05, 4.69) is 15.6 Å². The van der Waals surface area contributed by atoms with E-state index in [4.69, 9.17) is 5.73 Å². The molecule has 0 saturated heterocycles. The van der Waals surface area contributed by atoms with E-state index < -0.39 is 5.41 Å². The zero-order valence-electron chi connectivity index (χ0n) is 15.5. The highest BCUT2D eigenvalue weighted by Gasteiger charge is 2.23. The summed E-state index contributed by atoms with van der Waals surface area (Å²) in [5.41, 5.74) is 5.97. The number of carbonyl (C=O) groups is 2. The van der Waals surface area contributed by atoms with Crippen LogP contribution in [0.1, 0.15) is 53.2 Å². The normalized spacial score (nSPS) is 11.1. The topological polar surface area (TPSA) is 97.1 Å². The van der Waals surface area contributed by atoms with Gasteiger partial charge < -0.3 is 16.4 Å². The molecule has 0 aliphatic carbocycles. The third kappa shape index (κ3) is 8.85. The maximum atomic E-state index is 12.0. The van der Waals surface area contributed by atoms with Crippen LogP contribution in [0.3, 0.4) is 0 Å². The Bertz CT molecular complexity index is 555. The van der Waals surface area contributed by atoms with E-state index in [-0.39, 0.29) is 48.6 Å². The fourth-order valence-corrected chi connectivity index (χ4v) is 2.44. The Morgan fingerprint density at radius 1 is 1.20 bits per heavy atom. The van der Waals surface area contributed by atoms with E-state index >= 15 is 0 Å². The van der Waals surface area contributed by atoms with Crippen molar-refractivity contribution < 1.29 is 9.59 Å². The molecule has 0 aliphatic rings. The number of carbonyl (C=O) groups excluding carboxylic acids is 2. The quantitative estimate of drug-likeness (QED) is 0.640. The number of halogens is 2. The van der Waals surface area contributed by atoms with Crippen LogP contribution in [0.15, 0.2) is 5.38 Å². The average molecular weight is 413 g/mol. The first-order chi connectivity index (χ1) is 10.6. The van der Waals surface area contributed by atoms with Crippen LogP contribution < -0.4 is 16.4 Å². The minimum atomic E-state index is -0.478. The third-order valence-electron chi connectivity index (χ3n) is 3.84. The molecule has 1 heterocycles. The number of nitrogens with two attached hydrogens (primary N) is 1. The lowest BCUT2D eigenvalue weighted by Crippen LogP contribution is -2.49. The standard InChI is InChI=1S/C16H28N4O2S.2ClH/c1-6-16(17,7-2)10-18-12(21)8-11-9-23-14(19-11)20-13(22)15(3,4)5;;/h9H,6-8,10,17H2,1-5H3,(H,18,21)(H,19,20,22);2*1H. The molecule has 0 spiro atoms. The zero-order chi connectivity index (χ0) is 17.7. The maximum Gasteiger partial charge on any atom is 0.231 e. The molecule has 1 rings (SSSR count). The van der Waals surface area contributed by atoms with Crippen molar-refractivity contribution in [1.29, 1.82) is 0 Å². The zero-order valence-corrected chi connectivity index (χ0v) is 17.9. The number of hydrogen-bond donors (Lipinski definition) is 3. The first-order valence-corrected chi connectivity index (χ1v) is 8.79. The number of rotatable bonds is 7. The second-order valence-corrected chi connectivity index (χ2v) is 7.73. The van der Waals surface area contributed by atoms with Gasteiger partial charge in [-0.2, -0.15) is 0 Å². The van der Waals surface area contributed by atoms with Crippen molar-refractivity contribution in [1.82, 2.24) is 10.3 Å². The van der Waals surface area contributed by atoms with Gasteiger partial charge in [-0.05, 0) is 12.8 Å². The minimum absolute atomic E-state index is 0.